The summed E-state index contributed by atoms with van der Waals surface area (Å²) in [6.45, 7) is 0.360. The molecular formula is C19H17ClF4N6O2. The molecule has 32 heavy (non-hydrogen) atoms. The molecule has 3 aromatic rings. The zero-order chi connectivity index (χ0) is 22.9. The summed E-state index contributed by atoms with van der Waals surface area (Å²) in [5.41, 5.74) is 0.0553. The van der Waals surface area contributed by atoms with Crippen LogP contribution in [0.15, 0.2) is 24.4 Å². The van der Waals surface area contributed by atoms with Gasteiger partial charge in [-0.2, -0.15) is 18.3 Å². The molecule has 4 rings (SSSR count). The van der Waals surface area contributed by atoms with Crippen molar-refractivity contribution in [3.8, 4) is 0 Å². The molecule has 1 N–H and O–H groups in total. The fourth-order valence-corrected chi connectivity index (χ4v) is 3.44. The fraction of sp³-hybridized carbons (Fsp3) is 0.368. The molecule has 3 aromatic heterocycles. The van der Waals surface area contributed by atoms with Gasteiger partial charge in [0.2, 0.25) is 0 Å². The normalized spacial score (nSPS) is 15.1. The van der Waals surface area contributed by atoms with Crippen molar-refractivity contribution in [3.63, 3.8) is 0 Å². The summed E-state index contributed by atoms with van der Waals surface area (Å²) >= 11 is 5.67. The summed E-state index contributed by atoms with van der Waals surface area (Å²) in [4.78, 5) is 22.3. The number of fused-ring (bicyclic) bond motifs is 1. The third-order valence-corrected chi connectivity index (χ3v) is 5.01. The van der Waals surface area contributed by atoms with Crippen LogP contribution in [0.25, 0.3) is 10.9 Å². The molecule has 170 valence electrons. The molecule has 0 radical (unpaired) electrons. The number of halogens is 5. The Bertz CT molecular complexity index is 1140. The number of nitrogens with zero attached hydrogens (tertiary/aromatic N) is 5. The minimum absolute atomic E-state index is 0.00257. The predicted molar refractivity (Wildman–Crippen MR) is 107 cm³/mol. The highest BCUT2D eigenvalue weighted by Gasteiger charge is 2.30. The minimum atomic E-state index is -4.55. The monoisotopic (exact) mass is 472 g/mol. The lowest BCUT2D eigenvalue weighted by atomic mass is 10.2. The number of aromatic nitrogens is 4. The summed E-state index contributed by atoms with van der Waals surface area (Å²) in [6.07, 6.45) is -2.63. The van der Waals surface area contributed by atoms with E-state index in [1.165, 1.54) is 18.3 Å². The van der Waals surface area contributed by atoms with Crippen LogP contribution in [0.1, 0.15) is 16.9 Å². The second-order valence-electron chi connectivity index (χ2n) is 7.06. The maximum Gasteiger partial charge on any atom is 0.408 e. The van der Waals surface area contributed by atoms with Crippen molar-refractivity contribution in [2.75, 3.05) is 31.6 Å². The van der Waals surface area contributed by atoms with E-state index in [0.717, 1.165) is 10.7 Å². The molecule has 4 heterocycles. The highest BCUT2D eigenvalue weighted by Crippen LogP contribution is 2.29. The maximum absolute atomic E-state index is 13.4. The Hall–Kier alpha value is -2.99. The van der Waals surface area contributed by atoms with Crippen molar-refractivity contribution < 1.29 is 27.1 Å². The zero-order valence-electron chi connectivity index (χ0n) is 16.5. The van der Waals surface area contributed by atoms with Crippen LogP contribution >= 0.6 is 11.6 Å². The van der Waals surface area contributed by atoms with Gasteiger partial charge in [-0.25, -0.2) is 9.37 Å². The highest BCUT2D eigenvalue weighted by molar-refractivity contribution is 6.29. The van der Waals surface area contributed by atoms with Gasteiger partial charge in [-0.05, 0) is 24.6 Å². The molecule has 8 nitrogen and oxygen atoms in total. The van der Waals surface area contributed by atoms with Gasteiger partial charge >= 0.3 is 6.18 Å². The lowest BCUT2D eigenvalue weighted by Gasteiger charge is -2.19. The van der Waals surface area contributed by atoms with Crippen LogP contribution in [0, 0.1) is 5.82 Å². The van der Waals surface area contributed by atoms with Gasteiger partial charge in [0.25, 0.3) is 5.91 Å². The molecule has 0 aromatic carbocycles. The Labute approximate surface area is 184 Å². The SMILES string of the molecule is O=C(c1cc2c(cn1)c(Nc1ccc(F)c(Cl)n1)nn2CC(F)(F)F)N1CCCOCC1. The van der Waals surface area contributed by atoms with Crippen molar-refractivity contribution in [1.82, 2.24) is 24.6 Å². The van der Waals surface area contributed by atoms with E-state index >= 15 is 0 Å². The van der Waals surface area contributed by atoms with Crippen LogP contribution in [-0.4, -0.2) is 63.0 Å². The molecular weight excluding hydrogens is 456 g/mol. The molecule has 0 atom stereocenters. The summed E-state index contributed by atoms with van der Waals surface area (Å²) in [5.74, 6) is -1.05. The van der Waals surface area contributed by atoms with E-state index in [-0.39, 0.29) is 28.2 Å². The van der Waals surface area contributed by atoms with Crippen LogP contribution in [0.5, 0.6) is 0 Å². The molecule has 0 saturated carbocycles. The maximum atomic E-state index is 13.4. The topological polar surface area (TPSA) is 85.2 Å². The van der Waals surface area contributed by atoms with Gasteiger partial charge in [0.05, 0.1) is 17.5 Å². The number of hydrogen-bond donors (Lipinski definition) is 1. The number of alkyl halides is 3. The van der Waals surface area contributed by atoms with Gasteiger partial charge in [0.1, 0.15) is 18.1 Å². The Morgan fingerprint density at radius 2 is 2.06 bits per heavy atom. The second-order valence-corrected chi connectivity index (χ2v) is 7.42. The van der Waals surface area contributed by atoms with Gasteiger partial charge in [-0.3, -0.25) is 14.5 Å². The van der Waals surface area contributed by atoms with E-state index < -0.39 is 29.6 Å². The first kappa shape index (κ1) is 22.2. The molecule has 1 aliphatic heterocycles. The van der Waals surface area contributed by atoms with Crippen LogP contribution in [0.3, 0.4) is 0 Å². The first-order chi connectivity index (χ1) is 15.2. The molecule has 1 fully saturated rings. The fourth-order valence-electron chi connectivity index (χ4n) is 3.29. The number of hydrogen-bond acceptors (Lipinski definition) is 6. The van der Waals surface area contributed by atoms with Gasteiger partial charge in [0.15, 0.2) is 16.8 Å². The summed E-state index contributed by atoms with van der Waals surface area (Å²) in [5, 5.41) is 6.53. The average Bonchev–Trinajstić information content (AvgIpc) is 2.91. The Kier molecular flexibility index (Phi) is 6.15. The highest BCUT2D eigenvalue weighted by atomic mass is 35.5. The quantitative estimate of drug-likeness (QED) is 0.459. The standard InChI is InChI=1S/C19H17ClF4N6O2/c20-16-12(21)2-3-15(26-16)27-17-11-9-25-13(18(31)29-4-1-6-32-7-5-29)8-14(11)30(28-17)10-19(22,23)24/h2-3,8-9H,1,4-7,10H2,(H,26,27,28). The third-order valence-electron chi connectivity index (χ3n) is 4.74. The summed E-state index contributed by atoms with van der Waals surface area (Å²) < 4.78 is 58.8. The minimum Gasteiger partial charge on any atom is -0.380 e. The van der Waals surface area contributed by atoms with Gasteiger partial charge < -0.3 is 15.0 Å². The molecule has 0 spiro atoms. The number of pyridine rings is 2. The van der Waals surface area contributed by atoms with Crippen LogP contribution < -0.4 is 5.32 Å². The molecule has 0 unspecified atom stereocenters. The van der Waals surface area contributed by atoms with E-state index in [1.54, 1.807) is 4.90 Å². The van der Waals surface area contributed by atoms with Crippen molar-refractivity contribution in [3.05, 3.63) is 41.1 Å². The average molecular weight is 473 g/mol. The number of ether oxygens (including phenoxy) is 1. The third kappa shape index (κ3) is 4.91. The van der Waals surface area contributed by atoms with Crippen LogP contribution in [0.4, 0.5) is 29.2 Å². The number of carbonyl (C=O) groups is 1. The number of anilines is 2. The Morgan fingerprint density at radius 3 is 2.81 bits per heavy atom. The largest absolute Gasteiger partial charge is 0.408 e. The summed E-state index contributed by atoms with van der Waals surface area (Å²) in [7, 11) is 0. The van der Waals surface area contributed by atoms with Crippen molar-refractivity contribution in [1.29, 1.82) is 0 Å². The van der Waals surface area contributed by atoms with E-state index in [0.29, 0.717) is 32.7 Å². The molecule has 0 aliphatic carbocycles. The summed E-state index contributed by atoms with van der Waals surface area (Å²) in [6, 6.07) is 3.60. The number of carbonyl (C=O) groups excluding carboxylic acids is 1. The first-order valence-corrected chi connectivity index (χ1v) is 9.98. The number of nitrogens with one attached hydrogen (secondary N) is 1. The Morgan fingerprint density at radius 1 is 1.25 bits per heavy atom. The predicted octanol–water partition coefficient (Wildman–Crippen LogP) is 3.79. The van der Waals surface area contributed by atoms with Gasteiger partial charge in [0, 0.05) is 25.9 Å². The van der Waals surface area contributed by atoms with E-state index in [4.69, 9.17) is 16.3 Å². The molecule has 1 amide bonds. The molecule has 13 heteroatoms. The number of rotatable bonds is 4. The van der Waals surface area contributed by atoms with Crippen molar-refractivity contribution >= 4 is 40.0 Å². The molecule has 1 saturated heterocycles. The van der Waals surface area contributed by atoms with Crippen molar-refractivity contribution in [2.45, 2.75) is 19.1 Å². The zero-order valence-corrected chi connectivity index (χ0v) is 17.3. The van der Waals surface area contributed by atoms with Gasteiger partial charge in [-0.15, -0.1) is 0 Å². The second kappa shape index (κ2) is 8.87. The van der Waals surface area contributed by atoms with Crippen molar-refractivity contribution in [2.24, 2.45) is 0 Å². The number of amides is 1. The lowest BCUT2D eigenvalue weighted by molar-refractivity contribution is -0.141. The molecule has 0 bridgehead atoms. The van der Waals surface area contributed by atoms with Gasteiger partial charge in [-0.1, -0.05) is 11.6 Å². The van der Waals surface area contributed by atoms with E-state index in [1.807, 2.05) is 0 Å². The van der Waals surface area contributed by atoms with Crippen LogP contribution in [-0.2, 0) is 11.3 Å². The van der Waals surface area contributed by atoms with E-state index in [2.05, 4.69) is 20.4 Å². The smallest absolute Gasteiger partial charge is 0.380 e. The Balaban J connectivity index is 1.72. The molecule has 1 aliphatic rings. The lowest BCUT2D eigenvalue weighted by Crippen LogP contribution is -2.33. The first-order valence-electron chi connectivity index (χ1n) is 9.61. The van der Waals surface area contributed by atoms with E-state index in [9.17, 15) is 22.4 Å². The van der Waals surface area contributed by atoms with Crippen LogP contribution in [0.2, 0.25) is 5.15 Å².